The Kier molecular flexibility index (Phi) is 8.55. The number of hydrogen-bond acceptors (Lipinski definition) is 2. The molecule has 0 atom stereocenters. The van der Waals surface area contributed by atoms with Crippen LogP contribution in [0.15, 0.2) is 11.4 Å². The van der Waals surface area contributed by atoms with E-state index in [1.165, 1.54) is 74.6 Å². The molecule has 0 N–H and O–H groups in total. The van der Waals surface area contributed by atoms with Crippen LogP contribution in [-0.2, 0) is 12.8 Å². The maximum Gasteiger partial charge on any atom is 0.0480 e. The predicted octanol–water partition coefficient (Wildman–Crippen LogP) is 8.34. The topological polar surface area (TPSA) is 0 Å². The van der Waals surface area contributed by atoms with Gasteiger partial charge in [0.2, 0.25) is 0 Å². The molecule has 0 saturated carbocycles. The van der Waals surface area contributed by atoms with Crippen molar-refractivity contribution in [3.8, 4) is 9.75 Å². The van der Waals surface area contributed by atoms with Gasteiger partial charge < -0.3 is 0 Å². The first-order valence-electron chi connectivity index (χ1n) is 9.84. The highest BCUT2D eigenvalue weighted by atomic mass is 32.1. The van der Waals surface area contributed by atoms with Crippen molar-refractivity contribution in [3.63, 3.8) is 0 Å². The van der Waals surface area contributed by atoms with Gasteiger partial charge in [0.25, 0.3) is 0 Å². The van der Waals surface area contributed by atoms with Crippen molar-refractivity contribution in [3.05, 3.63) is 33.0 Å². The molecule has 2 aromatic heterocycles. The van der Waals surface area contributed by atoms with Crippen molar-refractivity contribution in [1.82, 2.24) is 0 Å². The number of aryl methyl sites for hydroxylation is 2. The van der Waals surface area contributed by atoms with E-state index < -0.39 is 0 Å². The molecule has 0 saturated heterocycles. The van der Waals surface area contributed by atoms with Crippen LogP contribution >= 0.6 is 22.7 Å². The summed E-state index contributed by atoms with van der Waals surface area (Å²) >= 11 is 3.97. The fourth-order valence-corrected chi connectivity index (χ4v) is 5.72. The summed E-state index contributed by atoms with van der Waals surface area (Å²) in [7, 11) is 0. The Morgan fingerprint density at radius 3 is 1.96 bits per heavy atom. The summed E-state index contributed by atoms with van der Waals surface area (Å²) in [4.78, 5) is 4.64. The van der Waals surface area contributed by atoms with Gasteiger partial charge in [-0.15, -0.1) is 22.7 Å². The highest BCUT2D eigenvalue weighted by molar-refractivity contribution is 7.21. The lowest BCUT2D eigenvalue weighted by molar-refractivity contribution is 0.651. The Labute approximate surface area is 157 Å². The zero-order valence-electron chi connectivity index (χ0n) is 16.0. The lowest BCUT2D eigenvalue weighted by atomic mass is 9.96. The van der Waals surface area contributed by atoms with Gasteiger partial charge in [0.15, 0.2) is 0 Å². The Bertz CT molecular complexity index is 604. The van der Waals surface area contributed by atoms with Crippen molar-refractivity contribution < 1.29 is 0 Å². The van der Waals surface area contributed by atoms with Gasteiger partial charge in [-0.3, -0.25) is 0 Å². The molecule has 0 fully saturated rings. The Morgan fingerprint density at radius 2 is 1.42 bits per heavy atom. The molecule has 0 amide bonds. The molecule has 0 unspecified atom stereocenters. The molecular weight excluding hydrogens is 328 g/mol. The van der Waals surface area contributed by atoms with Crippen molar-refractivity contribution in [2.45, 2.75) is 91.9 Å². The van der Waals surface area contributed by atoms with E-state index in [0.29, 0.717) is 0 Å². The van der Waals surface area contributed by atoms with Gasteiger partial charge >= 0.3 is 0 Å². The predicted molar refractivity (Wildman–Crippen MR) is 113 cm³/mol. The Balaban J connectivity index is 2.18. The van der Waals surface area contributed by atoms with E-state index in [2.05, 4.69) is 39.1 Å². The molecule has 0 aliphatic heterocycles. The second-order valence-corrected chi connectivity index (χ2v) is 9.19. The van der Waals surface area contributed by atoms with E-state index >= 15 is 0 Å². The first-order valence-corrected chi connectivity index (χ1v) is 11.5. The summed E-state index contributed by atoms with van der Waals surface area (Å²) in [5, 5.41) is 2.30. The van der Waals surface area contributed by atoms with E-state index in [1.54, 1.807) is 20.9 Å². The van der Waals surface area contributed by atoms with Gasteiger partial charge in [0.05, 0.1) is 0 Å². The van der Waals surface area contributed by atoms with Gasteiger partial charge in [-0.2, -0.15) is 0 Å². The first-order chi connectivity index (χ1) is 11.7. The average molecular weight is 363 g/mol. The zero-order chi connectivity index (χ0) is 17.4. The molecule has 0 radical (unpaired) electrons. The van der Waals surface area contributed by atoms with Crippen molar-refractivity contribution >= 4 is 22.7 Å². The normalized spacial score (nSPS) is 11.3. The molecule has 0 nitrogen and oxygen atoms in total. The number of rotatable bonds is 11. The molecule has 2 heteroatoms. The SMILES string of the molecule is CCCCCCc1c(C)sc(-c2cc(C)cs2)c1CCCCCC. The van der Waals surface area contributed by atoms with E-state index in [0.717, 1.165) is 0 Å². The number of hydrogen-bond donors (Lipinski definition) is 0. The minimum atomic E-state index is 1.28. The summed E-state index contributed by atoms with van der Waals surface area (Å²) in [6.07, 6.45) is 13.4. The maximum atomic E-state index is 2.38. The lowest BCUT2D eigenvalue weighted by Gasteiger charge is -2.08. The second kappa shape index (κ2) is 10.4. The summed E-state index contributed by atoms with van der Waals surface area (Å²) < 4.78 is 0. The molecule has 134 valence electrons. The molecule has 0 aliphatic rings. The fourth-order valence-electron chi connectivity index (χ4n) is 3.42. The minimum Gasteiger partial charge on any atom is -0.143 e. The van der Waals surface area contributed by atoms with E-state index in [9.17, 15) is 0 Å². The van der Waals surface area contributed by atoms with Crippen LogP contribution in [0.25, 0.3) is 9.75 Å². The standard InChI is InChI=1S/C22H34S2/c1-5-7-9-11-13-19-18(4)24-22(21-15-17(3)16-23-21)20(19)14-12-10-8-6-2/h15-16H,5-14H2,1-4H3. The summed E-state index contributed by atoms with van der Waals surface area (Å²) in [6.45, 7) is 9.16. The van der Waals surface area contributed by atoms with Crippen LogP contribution in [-0.4, -0.2) is 0 Å². The van der Waals surface area contributed by atoms with Crippen molar-refractivity contribution in [2.75, 3.05) is 0 Å². The Hall–Kier alpha value is -0.600. The van der Waals surface area contributed by atoms with Gasteiger partial charge in [0, 0.05) is 14.6 Å². The molecule has 24 heavy (non-hydrogen) atoms. The molecule has 0 aliphatic carbocycles. The third-order valence-electron chi connectivity index (χ3n) is 4.83. The number of thiophene rings is 2. The van der Waals surface area contributed by atoms with Crippen molar-refractivity contribution in [1.29, 1.82) is 0 Å². The Morgan fingerprint density at radius 1 is 0.792 bits per heavy atom. The largest absolute Gasteiger partial charge is 0.143 e. The quantitative estimate of drug-likeness (QED) is 0.352. The smallest absolute Gasteiger partial charge is 0.0480 e. The van der Waals surface area contributed by atoms with Crippen LogP contribution in [0, 0.1) is 13.8 Å². The van der Waals surface area contributed by atoms with Crippen molar-refractivity contribution in [2.24, 2.45) is 0 Å². The van der Waals surface area contributed by atoms with Crippen LogP contribution < -0.4 is 0 Å². The number of unbranched alkanes of at least 4 members (excludes halogenated alkanes) is 6. The van der Waals surface area contributed by atoms with Gasteiger partial charge in [-0.1, -0.05) is 52.4 Å². The van der Waals surface area contributed by atoms with Gasteiger partial charge in [0.1, 0.15) is 0 Å². The third kappa shape index (κ3) is 5.46. The van der Waals surface area contributed by atoms with E-state index in [-0.39, 0.29) is 0 Å². The molecule has 0 bridgehead atoms. The molecule has 2 rings (SSSR count). The maximum absolute atomic E-state index is 2.38. The molecule has 0 aromatic carbocycles. The van der Waals surface area contributed by atoms with Crippen LogP contribution in [0.5, 0.6) is 0 Å². The van der Waals surface area contributed by atoms with Crippen LogP contribution in [0.2, 0.25) is 0 Å². The highest BCUT2D eigenvalue weighted by Gasteiger charge is 2.17. The second-order valence-electron chi connectivity index (χ2n) is 7.05. The van der Waals surface area contributed by atoms with E-state index in [1.807, 2.05) is 22.7 Å². The van der Waals surface area contributed by atoms with Crippen LogP contribution in [0.1, 0.15) is 86.8 Å². The summed E-state index contributed by atoms with van der Waals surface area (Å²) in [6, 6.07) is 2.38. The first kappa shape index (κ1) is 19.7. The van der Waals surface area contributed by atoms with Gasteiger partial charge in [-0.05, 0) is 67.7 Å². The average Bonchev–Trinajstić information content (AvgIpc) is 3.12. The zero-order valence-corrected chi connectivity index (χ0v) is 17.7. The monoisotopic (exact) mass is 362 g/mol. The summed E-state index contributed by atoms with van der Waals surface area (Å²) in [5.74, 6) is 0. The lowest BCUT2D eigenvalue weighted by Crippen LogP contribution is -1.95. The molecule has 2 heterocycles. The molecule has 0 spiro atoms. The van der Waals surface area contributed by atoms with Crippen LogP contribution in [0.3, 0.4) is 0 Å². The summed E-state index contributed by atoms with van der Waals surface area (Å²) in [5.41, 5.74) is 4.78. The minimum absolute atomic E-state index is 1.28. The fraction of sp³-hybridized carbons (Fsp3) is 0.636. The van der Waals surface area contributed by atoms with E-state index in [4.69, 9.17) is 0 Å². The van der Waals surface area contributed by atoms with Gasteiger partial charge in [-0.25, -0.2) is 0 Å². The molecular formula is C22H34S2. The third-order valence-corrected chi connectivity index (χ3v) is 7.25. The highest BCUT2D eigenvalue weighted by Crippen LogP contribution is 2.41. The molecule has 2 aromatic rings. The van der Waals surface area contributed by atoms with Crippen LogP contribution in [0.4, 0.5) is 0 Å².